The van der Waals surface area contributed by atoms with E-state index < -0.39 is 0 Å². The lowest BCUT2D eigenvalue weighted by atomic mass is 9.73. The highest BCUT2D eigenvalue weighted by molar-refractivity contribution is 5.51. The summed E-state index contributed by atoms with van der Waals surface area (Å²) >= 11 is 0. The Morgan fingerprint density at radius 2 is 1.94 bits per heavy atom. The van der Waals surface area contributed by atoms with E-state index in [1.165, 1.54) is 11.1 Å². The fourth-order valence-corrected chi connectivity index (χ4v) is 2.82. The topological polar surface area (TPSA) is 47.9 Å². The van der Waals surface area contributed by atoms with Crippen molar-refractivity contribution in [3.05, 3.63) is 23.3 Å². The molecule has 98 valence electrons. The zero-order chi connectivity index (χ0) is 12.6. The van der Waals surface area contributed by atoms with E-state index in [4.69, 9.17) is 19.3 Å². The van der Waals surface area contributed by atoms with Crippen molar-refractivity contribution in [3.63, 3.8) is 0 Å². The van der Waals surface area contributed by atoms with Gasteiger partial charge in [-0.15, -0.1) is 0 Å². The smallest absolute Gasteiger partial charge is 0.231 e. The number of benzene rings is 1. The lowest BCUT2D eigenvalue weighted by molar-refractivity contribution is -0.0668. The quantitative estimate of drug-likeness (QED) is 0.884. The van der Waals surface area contributed by atoms with Crippen molar-refractivity contribution in [2.45, 2.75) is 25.2 Å². The van der Waals surface area contributed by atoms with Gasteiger partial charge in [0.25, 0.3) is 0 Å². The Labute approximate surface area is 106 Å². The number of rotatable bonds is 4. The molecule has 0 aliphatic carbocycles. The number of hydrogen-bond acceptors (Lipinski definition) is 4. The predicted molar refractivity (Wildman–Crippen MR) is 66.1 cm³/mol. The van der Waals surface area contributed by atoms with Crippen LogP contribution in [0, 0.1) is 6.92 Å². The van der Waals surface area contributed by atoms with E-state index in [0.29, 0.717) is 6.79 Å². The minimum atomic E-state index is 0.0494. The zero-order valence-electron chi connectivity index (χ0n) is 10.6. The SMILES string of the molecule is Cc1cc2c(cc1C1(CCCO)COC1)OCO2. The summed E-state index contributed by atoms with van der Waals surface area (Å²) < 4.78 is 16.2. The van der Waals surface area contributed by atoms with Gasteiger partial charge in [0.1, 0.15) is 0 Å². The van der Waals surface area contributed by atoms with Crippen LogP contribution in [-0.2, 0) is 10.2 Å². The minimum absolute atomic E-state index is 0.0494. The molecule has 2 aliphatic heterocycles. The molecule has 18 heavy (non-hydrogen) atoms. The molecule has 2 aliphatic rings. The van der Waals surface area contributed by atoms with Crippen LogP contribution in [0.25, 0.3) is 0 Å². The summed E-state index contributed by atoms with van der Waals surface area (Å²) in [6, 6.07) is 4.12. The Kier molecular flexibility index (Phi) is 2.92. The molecule has 4 heteroatoms. The third-order valence-electron chi connectivity index (χ3n) is 3.86. The lowest BCUT2D eigenvalue weighted by Crippen LogP contribution is -2.47. The third kappa shape index (κ3) is 1.76. The molecule has 0 radical (unpaired) electrons. The Balaban J connectivity index is 1.95. The molecule has 0 atom stereocenters. The van der Waals surface area contributed by atoms with E-state index in [1.807, 2.05) is 6.07 Å². The number of aliphatic hydroxyl groups excluding tert-OH is 1. The molecule has 1 fully saturated rings. The van der Waals surface area contributed by atoms with Gasteiger partial charge in [0.05, 0.1) is 13.2 Å². The number of hydrogen-bond donors (Lipinski definition) is 1. The van der Waals surface area contributed by atoms with Crippen LogP contribution in [0.4, 0.5) is 0 Å². The van der Waals surface area contributed by atoms with Crippen LogP contribution < -0.4 is 9.47 Å². The summed E-state index contributed by atoms with van der Waals surface area (Å²) in [5.41, 5.74) is 2.53. The molecule has 1 aromatic carbocycles. The second-order valence-electron chi connectivity index (χ2n) is 5.12. The van der Waals surface area contributed by atoms with Gasteiger partial charge in [-0.25, -0.2) is 0 Å². The van der Waals surface area contributed by atoms with Gasteiger partial charge < -0.3 is 19.3 Å². The maximum atomic E-state index is 9.03. The molecule has 4 nitrogen and oxygen atoms in total. The van der Waals surface area contributed by atoms with E-state index in [0.717, 1.165) is 37.6 Å². The van der Waals surface area contributed by atoms with E-state index in [9.17, 15) is 0 Å². The van der Waals surface area contributed by atoms with E-state index in [-0.39, 0.29) is 12.0 Å². The Bertz CT molecular complexity index is 451. The van der Waals surface area contributed by atoms with E-state index >= 15 is 0 Å². The van der Waals surface area contributed by atoms with Crippen molar-refractivity contribution in [1.29, 1.82) is 0 Å². The number of ether oxygens (including phenoxy) is 3. The minimum Gasteiger partial charge on any atom is -0.454 e. The monoisotopic (exact) mass is 250 g/mol. The van der Waals surface area contributed by atoms with Gasteiger partial charge in [-0.3, -0.25) is 0 Å². The molecular formula is C14H18O4. The first kappa shape index (κ1) is 11.8. The summed E-state index contributed by atoms with van der Waals surface area (Å²) in [6.07, 6.45) is 1.75. The third-order valence-corrected chi connectivity index (χ3v) is 3.86. The molecule has 3 rings (SSSR count). The number of aliphatic hydroxyl groups is 1. The standard InChI is InChI=1S/C14H18O4/c1-10-5-12-13(18-9-17-12)6-11(10)14(3-2-4-15)7-16-8-14/h5-6,15H,2-4,7-9H2,1H3. The zero-order valence-corrected chi connectivity index (χ0v) is 10.6. The molecular weight excluding hydrogens is 232 g/mol. The van der Waals surface area contributed by atoms with E-state index in [1.54, 1.807) is 0 Å². The maximum Gasteiger partial charge on any atom is 0.231 e. The lowest BCUT2D eigenvalue weighted by Gasteiger charge is -2.43. The van der Waals surface area contributed by atoms with Crippen LogP contribution in [0.15, 0.2) is 12.1 Å². The highest BCUT2D eigenvalue weighted by Crippen LogP contribution is 2.43. The van der Waals surface area contributed by atoms with Crippen LogP contribution >= 0.6 is 0 Å². The molecule has 0 bridgehead atoms. The normalized spacial score (nSPS) is 19.7. The van der Waals surface area contributed by atoms with Gasteiger partial charge in [0.15, 0.2) is 11.5 Å². The number of fused-ring (bicyclic) bond motifs is 1. The summed E-state index contributed by atoms with van der Waals surface area (Å²) in [4.78, 5) is 0. The molecule has 1 saturated heterocycles. The van der Waals surface area contributed by atoms with Crippen LogP contribution in [0.2, 0.25) is 0 Å². The Morgan fingerprint density at radius 3 is 2.56 bits per heavy atom. The van der Waals surface area contributed by atoms with Gasteiger partial charge >= 0.3 is 0 Å². The van der Waals surface area contributed by atoms with Crippen molar-refractivity contribution >= 4 is 0 Å². The largest absolute Gasteiger partial charge is 0.454 e. The Hall–Kier alpha value is -1.26. The van der Waals surface area contributed by atoms with Gasteiger partial charge in [0.2, 0.25) is 6.79 Å². The summed E-state index contributed by atoms with van der Waals surface area (Å²) in [5, 5.41) is 9.03. The van der Waals surface area contributed by atoms with Crippen molar-refractivity contribution in [2.75, 3.05) is 26.6 Å². The van der Waals surface area contributed by atoms with Crippen LogP contribution in [-0.4, -0.2) is 31.7 Å². The molecule has 0 amide bonds. The highest BCUT2D eigenvalue weighted by Gasteiger charge is 2.41. The van der Waals surface area contributed by atoms with Crippen molar-refractivity contribution in [2.24, 2.45) is 0 Å². The van der Waals surface area contributed by atoms with Crippen molar-refractivity contribution in [3.8, 4) is 11.5 Å². The average Bonchev–Trinajstić information content (AvgIpc) is 2.75. The second-order valence-corrected chi connectivity index (χ2v) is 5.12. The summed E-state index contributed by atoms with van der Waals surface area (Å²) in [5.74, 6) is 1.65. The van der Waals surface area contributed by atoms with Crippen LogP contribution in [0.1, 0.15) is 24.0 Å². The second kappa shape index (κ2) is 4.44. The van der Waals surface area contributed by atoms with E-state index in [2.05, 4.69) is 13.0 Å². The first-order chi connectivity index (χ1) is 8.75. The molecule has 2 heterocycles. The predicted octanol–water partition coefficient (Wildman–Crippen LogP) is 1.76. The highest BCUT2D eigenvalue weighted by atomic mass is 16.7. The van der Waals surface area contributed by atoms with Gasteiger partial charge in [0, 0.05) is 12.0 Å². The maximum absolute atomic E-state index is 9.03. The van der Waals surface area contributed by atoms with Crippen LogP contribution in [0.3, 0.4) is 0 Å². The van der Waals surface area contributed by atoms with Gasteiger partial charge in [-0.05, 0) is 43.0 Å². The molecule has 0 saturated carbocycles. The van der Waals surface area contributed by atoms with Gasteiger partial charge in [-0.1, -0.05) is 0 Å². The molecule has 1 aromatic rings. The fraction of sp³-hybridized carbons (Fsp3) is 0.571. The average molecular weight is 250 g/mol. The van der Waals surface area contributed by atoms with Crippen molar-refractivity contribution in [1.82, 2.24) is 0 Å². The first-order valence-corrected chi connectivity index (χ1v) is 6.34. The molecule has 0 spiro atoms. The molecule has 1 N–H and O–H groups in total. The summed E-state index contributed by atoms with van der Waals surface area (Å²) in [7, 11) is 0. The van der Waals surface area contributed by atoms with Crippen molar-refractivity contribution < 1.29 is 19.3 Å². The van der Waals surface area contributed by atoms with Crippen LogP contribution in [0.5, 0.6) is 11.5 Å². The van der Waals surface area contributed by atoms with Gasteiger partial charge in [-0.2, -0.15) is 0 Å². The Morgan fingerprint density at radius 1 is 1.22 bits per heavy atom. The molecule has 0 aromatic heterocycles. The summed E-state index contributed by atoms with van der Waals surface area (Å²) in [6.45, 7) is 4.08. The number of aryl methyl sites for hydroxylation is 1. The fourth-order valence-electron chi connectivity index (χ4n) is 2.82. The first-order valence-electron chi connectivity index (χ1n) is 6.34. The molecule has 0 unspecified atom stereocenters.